The molecule has 2 aromatic rings. The predicted molar refractivity (Wildman–Crippen MR) is 103 cm³/mol. The van der Waals surface area contributed by atoms with Crippen molar-refractivity contribution < 1.29 is 4.79 Å². The van der Waals surface area contributed by atoms with Crippen LogP contribution in [0.4, 0.5) is 17.5 Å². The molecule has 7 heteroatoms. The van der Waals surface area contributed by atoms with Gasteiger partial charge in [0.2, 0.25) is 5.91 Å². The molecule has 26 heavy (non-hydrogen) atoms. The molecule has 0 aliphatic carbocycles. The highest BCUT2D eigenvalue weighted by Crippen LogP contribution is 2.17. The lowest BCUT2D eigenvalue weighted by atomic mass is 10.1. The number of rotatable bonds is 5. The van der Waals surface area contributed by atoms with Gasteiger partial charge in [-0.15, -0.1) is 10.2 Å². The molecule has 1 fully saturated rings. The third-order valence-electron chi connectivity index (χ3n) is 4.36. The van der Waals surface area contributed by atoms with Crippen molar-refractivity contribution in [2.24, 2.45) is 5.92 Å². The molecule has 1 N–H and O–H groups in total. The van der Waals surface area contributed by atoms with Crippen molar-refractivity contribution >= 4 is 23.4 Å². The summed E-state index contributed by atoms with van der Waals surface area (Å²) in [6, 6.07) is 7.77. The van der Waals surface area contributed by atoms with Gasteiger partial charge in [-0.25, -0.2) is 4.98 Å². The summed E-state index contributed by atoms with van der Waals surface area (Å²) in [5, 5.41) is 11.7. The molecule has 3 rings (SSSR count). The van der Waals surface area contributed by atoms with Crippen LogP contribution >= 0.6 is 0 Å². The molecular formula is C19H26N6O. The Labute approximate surface area is 154 Å². The predicted octanol–water partition coefficient (Wildman–Crippen LogP) is 2.62. The van der Waals surface area contributed by atoms with Crippen LogP contribution in [-0.4, -0.2) is 52.2 Å². The van der Waals surface area contributed by atoms with Gasteiger partial charge in [-0.1, -0.05) is 19.9 Å². The Morgan fingerprint density at radius 3 is 2.38 bits per heavy atom. The summed E-state index contributed by atoms with van der Waals surface area (Å²) < 4.78 is 0. The number of hydrogen-bond acceptors (Lipinski definition) is 6. The summed E-state index contributed by atoms with van der Waals surface area (Å²) in [5.74, 6) is 2.89. The fourth-order valence-electron chi connectivity index (χ4n) is 2.90. The number of aromatic nitrogens is 3. The van der Waals surface area contributed by atoms with Crippen molar-refractivity contribution in [3.8, 4) is 0 Å². The molecule has 2 aromatic heterocycles. The van der Waals surface area contributed by atoms with Crippen LogP contribution in [0.2, 0.25) is 0 Å². The molecule has 0 spiro atoms. The summed E-state index contributed by atoms with van der Waals surface area (Å²) in [6.07, 6.45) is 2.43. The van der Waals surface area contributed by atoms with Crippen LogP contribution in [0.5, 0.6) is 0 Å². The number of hydrogen-bond donors (Lipinski definition) is 1. The molecule has 138 valence electrons. The number of amides is 1. The number of piperazine rings is 1. The van der Waals surface area contributed by atoms with Gasteiger partial charge in [0, 0.05) is 38.8 Å². The van der Waals surface area contributed by atoms with Gasteiger partial charge >= 0.3 is 0 Å². The number of carbonyl (C=O) groups excluding carboxylic acids is 1. The molecule has 0 saturated carbocycles. The largest absolute Gasteiger partial charge is 0.352 e. The zero-order chi connectivity index (χ0) is 18.5. The maximum Gasteiger partial charge on any atom is 0.222 e. The van der Waals surface area contributed by atoms with Gasteiger partial charge in [0.25, 0.3) is 0 Å². The Bertz CT molecular complexity index is 721. The first-order valence-corrected chi connectivity index (χ1v) is 9.07. The zero-order valence-electron chi connectivity index (χ0n) is 15.6. The summed E-state index contributed by atoms with van der Waals surface area (Å²) in [5.41, 5.74) is 1.11. The van der Waals surface area contributed by atoms with E-state index in [0.717, 1.165) is 43.4 Å². The second-order valence-electron chi connectivity index (χ2n) is 7.09. The van der Waals surface area contributed by atoms with Crippen LogP contribution in [0, 0.1) is 12.8 Å². The van der Waals surface area contributed by atoms with Gasteiger partial charge < -0.3 is 15.1 Å². The van der Waals surface area contributed by atoms with Crippen LogP contribution in [0.3, 0.4) is 0 Å². The highest BCUT2D eigenvalue weighted by molar-refractivity contribution is 5.76. The fourth-order valence-corrected chi connectivity index (χ4v) is 2.90. The number of anilines is 3. The number of aryl methyl sites for hydroxylation is 1. The minimum Gasteiger partial charge on any atom is -0.352 e. The zero-order valence-corrected chi connectivity index (χ0v) is 15.6. The third kappa shape index (κ3) is 4.68. The van der Waals surface area contributed by atoms with E-state index in [1.165, 1.54) is 0 Å². The van der Waals surface area contributed by atoms with Crippen molar-refractivity contribution in [3.05, 3.63) is 36.0 Å². The van der Waals surface area contributed by atoms with Crippen molar-refractivity contribution in [1.82, 2.24) is 20.1 Å². The lowest BCUT2D eigenvalue weighted by molar-refractivity contribution is -0.132. The number of pyridine rings is 1. The number of carbonyl (C=O) groups is 1. The molecule has 0 unspecified atom stereocenters. The van der Waals surface area contributed by atoms with E-state index in [2.05, 4.69) is 39.2 Å². The van der Waals surface area contributed by atoms with Crippen LogP contribution < -0.4 is 10.2 Å². The molecule has 0 bridgehead atoms. The monoisotopic (exact) mass is 354 g/mol. The van der Waals surface area contributed by atoms with E-state index in [1.807, 2.05) is 42.3 Å². The Balaban J connectivity index is 1.54. The molecule has 1 aliphatic rings. The molecule has 7 nitrogen and oxygen atoms in total. The quantitative estimate of drug-likeness (QED) is 0.890. The topological polar surface area (TPSA) is 74.2 Å². The fraction of sp³-hybridized carbons (Fsp3) is 0.474. The highest BCUT2D eigenvalue weighted by atomic mass is 16.2. The average Bonchev–Trinajstić information content (AvgIpc) is 2.64. The minimum absolute atomic E-state index is 0.246. The Morgan fingerprint density at radius 2 is 1.81 bits per heavy atom. The molecule has 0 radical (unpaired) electrons. The summed E-state index contributed by atoms with van der Waals surface area (Å²) in [6.45, 7) is 9.19. The van der Waals surface area contributed by atoms with Crippen LogP contribution in [0.1, 0.15) is 25.8 Å². The van der Waals surface area contributed by atoms with E-state index >= 15 is 0 Å². The first kappa shape index (κ1) is 18.1. The highest BCUT2D eigenvalue weighted by Gasteiger charge is 2.22. The summed E-state index contributed by atoms with van der Waals surface area (Å²) in [4.78, 5) is 20.6. The lowest BCUT2D eigenvalue weighted by Gasteiger charge is -2.35. The van der Waals surface area contributed by atoms with Crippen molar-refractivity contribution in [2.75, 3.05) is 36.4 Å². The average molecular weight is 354 g/mol. The lowest BCUT2D eigenvalue weighted by Crippen LogP contribution is -2.49. The maximum absolute atomic E-state index is 12.2. The summed E-state index contributed by atoms with van der Waals surface area (Å²) >= 11 is 0. The van der Waals surface area contributed by atoms with Gasteiger partial charge in [0.1, 0.15) is 5.82 Å². The summed E-state index contributed by atoms with van der Waals surface area (Å²) in [7, 11) is 0. The van der Waals surface area contributed by atoms with Gasteiger partial charge in [-0.05, 0) is 36.6 Å². The number of nitrogens with zero attached hydrogens (tertiary/aromatic N) is 5. The maximum atomic E-state index is 12.2. The van der Waals surface area contributed by atoms with Crippen molar-refractivity contribution in [1.29, 1.82) is 0 Å². The van der Waals surface area contributed by atoms with E-state index in [1.54, 1.807) is 0 Å². The standard InChI is InChI=1S/C19H26N6O/c1-14(2)12-19(26)25-10-8-24(9-11-25)18-7-6-17(22-23-18)21-16-5-4-15(3)13-20-16/h4-7,13-14H,8-12H2,1-3H3,(H,20,21,22). The second kappa shape index (κ2) is 8.12. The number of nitrogens with one attached hydrogen (secondary N) is 1. The normalized spacial score (nSPS) is 14.6. The third-order valence-corrected chi connectivity index (χ3v) is 4.36. The Hall–Kier alpha value is -2.70. The SMILES string of the molecule is Cc1ccc(Nc2ccc(N3CCN(C(=O)CC(C)C)CC3)nn2)nc1. The van der Waals surface area contributed by atoms with Gasteiger partial charge in [-0.2, -0.15) is 0 Å². The molecular weight excluding hydrogens is 328 g/mol. The first-order chi connectivity index (χ1) is 12.5. The molecule has 1 saturated heterocycles. The van der Waals surface area contributed by atoms with Crippen molar-refractivity contribution in [3.63, 3.8) is 0 Å². The molecule has 0 aromatic carbocycles. The van der Waals surface area contributed by atoms with E-state index < -0.39 is 0 Å². The molecule has 0 atom stereocenters. The van der Waals surface area contributed by atoms with E-state index in [-0.39, 0.29) is 5.91 Å². The van der Waals surface area contributed by atoms with Crippen LogP contribution in [0.15, 0.2) is 30.5 Å². The Morgan fingerprint density at radius 1 is 1.08 bits per heavy atom. The second-order valence-corrected chi connectivity index (χ2v) is 7.09. The van der Waals surface area contributed by atoms with Gasteiger partial charge in [0.05, 0.1) is 0 Å². The minimum atomic E-state index is 0.246. The van der Waals surface area contributed by atoms with Crippen LogP contribution in [-0.2, 0) is 4.79 Å². The van der Waals surface area contributed by atoms with E-state index in [4.69, 9.17) is 0 Å². The van der Waals surface area contributed by atoms with E-state index in [0.29, 0.717) is 18.2 Å². The first-order valence-electron chi connectivity index (χ1n) is 9.07. The molecule has 1 aliphatic heterocycles. The smallest absolute Gasteiger partial charge is 0.222 e. The van der Waals surface area contributed by atoms with Gasteiger partial charge in [0.15, 0.2) is 11.6 Å². The molecule has 3 heterocycles. The van der Waals surface area contributed by atoms with Crippen molar-refractivity contribution in [2.45, 2.75) is 27.2 Å². The Kier molecular flexibility index (Phi) is 5.65. The molecule has 1 amide bonds. The van der Waals surface area contributed by atoms with Crippen LogP contribution in [0.25, 0.3) is 0 Å². The van der Waals surface area contributed by atoms with E-state index in [9.17, 15) is 4.79 Å². The van der Waals surface area contributed by atoms with Gasteiger partial charge in [-0.3, -0.25) is 4.79 Å².